The van der Waals surface area contributed by atoms with Crippen molar-refractivity contribution >= 4 is 53.2 Å². The molecule has 2 heterocycles. The fourth-order valence-corrected chi connectivity index (χ4v) is 5.07. The van der Waals surface area contributed by atoms with Crippen LogP contribution >= 0.6 is 11.3 Å². The third kappa shape index (κ3) is 2.19. The van der Waals surface area contributed by atoms with Gasteiger partial charge in [0.05, 0.1) is 15.9 Å². The number of thiophene rings is 1. The first kappa shape index (κ1) is 14.8. The maximum absolute atomic E-state index is 4.69. The van der Waals surface area contributed by atoms with Crippen molar-refractivity contribution in [1.82, 2.24) is 9.97 Å². The molecule has 0 N–H and O–H groups in total. The lowest BCUT2D eigenvalue weighted by Crippen LogP contribution is -1.87. The topological polar surface area (TPSA) is 25.8 Å². The average Bonchev–Trinajstić information content (AvgIpc) is 3.09. The minimum Gasteiger partial charge on any atom is -0.235 e. The minimum atomic E-state index is 1.02. The van der Waals surface area contributed by atoms with E-state index in [0.29, 0.717) is 0 Å². The summed E-state index contributed by atoms with van der Waals surface area (Å²) in [5, 5.41) is 6.17. The zero-order valence-corrected chi connectivity index (χ0v) is 15.2. The van der Waals surface area contributed by atoms with E-state index in [0.717, 1.165) is 21.5 Å². The quantitative estimate of drug-likeness (QED) is 0.321. The average molecular weight is 362 g/mol. The first-order chi connectivity index (χ1) is 13.4. The lowest BCUT2D eigenvalue weighted by Gasteiger charge is -2.06. The SMILES string of the molecule is c1ccc2cc3c(cc2c1)sc1c(-c2cccc4ccccc24)ncnc13. The van der Waals surface area contributed by atoms with Crippen molar-refractivity contribution in [2.75, 3.05) is 0 Å². The van der Waals surface area contributed by atoms with Gasteiger partial charge in [0.15, 0.2) is 0 Å². The molecule has 0 aliphatic rings. The molecule has 0 saturated heterocycles. The van der Waals surface area contributed by atoms with Crippen molar-refractivity contribution < 1.29 is 0 Å². The van der Waals surface area contributed by atoms with E-state index >= 15 is 0 Å². The van der Waals surface area contributed by atoms with Gasteiger partial charge in [-0.3, -0.25) is 0 Å². The van der Waals surface area contributed by atoms with Gasteiger partial charge in [0.25, 0.3) is 0 Å². The summed E-state index contributed by atoms with van der Waals surface area (Å²) in [6.07, 6.45) is 1.70. The monoisotopic (exact) mass is 362 g/mol. The smallest absolute Gasteiger partial charge is 0.116 e. The molecule has 6 aromatic rings. The molecule has 0 amide bonds. The number of benzene rings is 4. The summed E-state index contributed by atoms with van der Waals surface area (Å²) < 4.78 is 2.41. The second-order valence-corrected chi connectivity index (χ2v) is 7.78. The maximum atomic E-state index is 4.69. The van der Waals surface area contributed by atoms with Gasteiger partial charge in [-0.1, -0.05) is 66.7 Å². The molecule has 126 valence electrons. The van der Waals surface area contributed by atoms with Crippen LogP contribution in [-0.4, -0.2) is 9.97 Å². The van der Waals surface area contributed by atoms with Gasteiger partial charge in [-0.25, -0.2) is 9.97 Å². The summed E-state index contributed by atoms with van der Waals surface area (Å²) in [4.78, 5) is 9.33. The summed E-state index contributed by atoms with van der Waals surface area (Å²) in [6.45, 7) is 0. The molecule has 0 spiro atoms. The molecular formula is C24H14N2S. The fourth-order valence-electron chi connectivity index (χ4n) is 3.88. The first-order valence-corrected chi connectivity index (χ1v) is 9.74. The van der Waals surface area contributed by atoms with Gasteiger partial charge in [-0.05, 0) is 33.7 Å². The molecule has 0 radical (unpaired) electrons. The van der Waals surface area contributed by atoms with Crippen LogP contribution in [0.1, 0.15) is 0 Å². The van der Waals surface area contributed by atoms with E-state index in [4.69, 9.17) is 4.98 Å². The van der Waals surface area contributed by atoms with Gasteiger partial charge < -0.3 is 0 Å². The van der Waals surface area contributed by atoms with Crippen LogP contribution in [-0.2, 0) is 0 Å². The Morgan fingerprint density at radius 3 is 2.26 bits per heavy atom. The van der Waals surface area contributed by atoms with Crippen molar-refractivity contribution in [3.05, 3.63) is 85.2 Å². The molecule has 27 heavy (non-hydrogen) atoms. The summed E-state index contributed by atoms with van der Waals surface area (Å²) in [7, 11) is 0. The molecule has 2 aromatic heterocycles. The zero-order chi connectivity index (χ0) is 17.8. The van der Waals surface area contributed by atoms with Gasteiger partial charge in [0.2, 0.25) is 0 Å². The molecule has 0 atom stereocenters. The van der Waals surface area contributed by atoms with E-state index in [1.54, 1.807) is 17.7 Å². The van der Waals surface area contributed by atoms with Crippen molar-refractivity contribution in [3.8, 4) is 11.3 Å². The molecule has 0 saturated carbocycles. The van der Waals surface area contributed by atoms with Gasteiger partial charge in [0, 0.05) is 15.6 Å². The third-order valence-electron chi connectivity index (χ3n) is 5.16. The molecule has 3 heteroatoms. The van der Waals surface area contributed by atoms with E-state index in [2.05, 4.69) is 83.8 Å². The van der Waals surface area contributed by atoms with Crippen LogP contribution in [0, 0.1) is 0 Å². The third-order valence-corrected chi connectivity index (χ3v) is 6.31. The summed E-state index contributed by atoms with van der Waals surface area (Å²) >= 11 is 1.78. The number of rotatable bonds is 1. The Kier molecular flexibility index (Phi) is 3.07. The Bertz CT molecular complexity index is 1470. The van der Waals surface area contributed by atoms with Crippen molar-refractivity contribution in [1.29, 1.82) is 0 Å². The van der Waals surface area contributed by atoms with E-state index in [9.17, 15) is 0 Å². The molecule has 0 bridgehead atoms. The van der Waals surface area contributed by atoms with E-state index in [1.165, 1.54) is 31.6 Å². The van der Waals surface area contributed by atoms with Crippen molar-refractivity contribution in [2.24, 2.45) is 0 Å². The molecule has 0 fully saturated rings. The Morgan fingerprint density at radius 1 is 0.630 bits per heavy atom. The highest BCUT2D eigenvalue weighted by Gasteiger charge is 2.15. The van der Waals surface area contributed by atoms with Crippen molar-refractivity contribution in [3.63, 3.8) is 0 Å². The zero-order valence-electron chi connectivity index (χ0n) is 14.4. The number of hydrogen-bond acceptors (Lipinski definition) is 3. The Balaban J connectivity index is 1.74. The summed E-state index contributed by atoms with van der Waals surface area (Å²) in [5.74, 6) is 0. The predicted molar refractivity (Wildman–Crippen MR) is 115 cm³/mol. The normalized spacial score (nSPS) is 11.7. The highest BCUT2D eigenvalue weighted by atomic mass is 32.1. The fraction of sp³-hybridized carbons (Fsp3) is 0. The molecule has 0 aliphatic heterocycles. The first-order valence-electron chi connectivity index (χ1n) is 8.93. The van der Waals surface area contributed by atoms with E-state index in [-0.39, 0.29) is 0 Å². The standard InChI is InChI=1S/C24H14N2S/c1-2-8-17-13-21-20(12-16(17)7-1)23-24(27-21)22(25-14-26-23)19-11-5-9-15-6-3-4-10-18(15)19/h1-14H. The second kappa shape index (κ2) is 5.60. The predicted octanol–water partition coefficient (Wildman–Crippen LogP) is 6.82. The molecular weight excluding hydrogens is 348 g/mol. The Hall–Kier alpha value is -3.30. The van der Waals surface area contributed by atoms with Gasteiger partial charge in [0.1, 0.15) is 6.33 Å². The molecule has 4 aromatic carbocycles. The Labute approximate surface area is 159 Å². The highest BCUT2D eigenvalue weighted by Crippen LogP contribution is 2.40. The minimum absolute atomic E-state index is 1.02. The number of nitrogens with zero attached hydrogens (tertiary/aromatic N) is 2. The van der Waals surface area contributed by atoms with Gasteiger partial charge >= 0.3 is 0 Å². The van der Waals surface area contributed by atoms with Crippen LogP contribution in [0.25, 0.3) is 53.1 Å². The lowest BCUT2D eigenvalue weighted by atomic mass is 10.0. The van der Waals surface area contributed by atoms with Crippen LogP contribution in [0.4, 0.5) is 0 Å². The molecule has 6 rings (SSSR count). The van der Waals surface area contributed by atoms with Gasteiger partial charge in [-0.15, -0.1) is 11.3 Å². The van der Waals surface area contributed by atoms with Crippen LogP contribution in [0.5, 0.6) is 0 Å². The van der Waals surface area contributed by atoms with Crippen LogP contribution in [0.2, 0.25) is 0 Å². The maximum Gasteiger partial charge on any atom is 0.116 e. The van der Waals surface area contributed by atoms with Crippen LogP contribution in [0.3, 0.4) is 0 Å². The Morgan fingerprint density at radius 2 is 1.37 bits per heavy atom. The summed E-state index contributed by atoms with van der Waals surface area (Å²) in [5.41, 5.74) is 3.22. The molecule has 2 nitrogen and oxygen atoms in total. The number of aromatic nitrogens is 2. The highest BCUT2D eigenvalue weighted by molar-refractivity contribution is 7.26. The number of hydrogen-bond donors (Lipinski definition) is 0. The van der Waals surface area contributed by atoms with Crippen LogP contribution in [0.15, 0.2) is 85.2 Å². The van der Waals surface area contributed by atoms with Gasteiger partial charge in [-0.2, -0.15) is 0 Å². The van der Waals surface area contributed by atoms with Crippen molar-refractivity contribution in [2.45, 2.75) is 0 Å². The molecule has 0 aliphatic carbocycles. The van der Waals surface area contributed by atoms with E-state index in [1.807, 2.05) is 0 Å². The second-order valence-electron chi connectivity index (χ2n) is 6.72. The number of fused-ring (bicyclic) bond motifs is 5. The largest absolute Gasteiger partial charge is 0.235 e. The lowest BCUT2D eigenvalue weighted by molar-refractivity contribution is 1.24. The molecule has 0 unspecified atom stereocenters. The van der Waals surface area contributed by atoms with Crippen LogP contribution < -0.4 is 0 Å². The summed E-state index contributed by atoms with van der Waals surface area (Å²) in [6, 6.07) is 27.9. The van der Waals surface area contributed by atoms with E-state index < -0.39 is 0 Å².